The summed E-state index contributed by atoms with van der Waals surface area (Å²) in [7, 11) is 0. The summed E-state index contributed by atoms with van der Waals surface area (Å²) in [6, 6.07) is 0.236. The molecule has 3 aliphatic rings. The topological polar surface area (TPSA) is 32.3 Å². The highest BCUT2D eigenvalue weighted by atomic mass is 16.3. The molecule has 1 aliphatic heterocycles. The van der Waals surface area contributed by atoms with Gasteiger partial charge < -0.3 is 10.4 Å². The highest BCUT2D eigenvalue weighted by molar-refractivity contribution is 5.08. The Balaban J connectivity index is 1.67. The minimum absolute atomic E-state index is 0.135. The fourth-order valence-electron chi connectivity index (χ4n) is 3.70. The van der Waals surface area contributed by atoms with Crippen LogP contribution in [-0.2, 0) is 0 Å². The second-order valence-electron chi connectivity index (χ2n) is 5.19. The lowest BCUT2D eigenvalue weighted by Crippen LogP contribution is -2.41. The summed E-state index contributed by atoms with van der Waals surface area (Å²) in [6.45, 7) is 0.933. The Hall–Kier alpha value is -0.340. The van der Waals surface area contributed by atoms with Gasteiger partial charge in [-0.15, -0.1) is 0 Å². The van der Waals surface area contributed by atoms with Crippen molar-refractivity contribution >= 4 is 0 Å². The van der Waals surface area contributed by atoms with E-state index in [1.807, 2.05) is 0 Å². The molecule has 0 saturated heterocycles. The van der Waals surface area contributed by atoms with Gasteiger partial charge in [0, 0.05) is 6.54 Å². The van der Waals surface area contributed by atoms with Crippen molar-refractivity contribution in [3.05, 3.63) is 12.2 Å². The maximum absolute atomic E-state index is 10.3. The second kappa shape index (κ2) is 3.35. The molecule has 2 saturated carbocycles. The summed E-state index contributed by atoms with van der Waals surface area (Å²) in [6.07, 6.45) is 9.57. The zero-order valence-corrected chi connectivity index (χ0v) is 8.52. The first-order chi connectivity index (χ1) is 6.84. The van der Waals surface area contributed by atoms with E-state index in [1.54, 1.807) is 0 Å². The Kier molecular flexibility index (Phi) is 2.14. The van der Waals surface area contributed by atoms with E-state index in [0.717, 1.165) is 18.4 Å². The van der Waals surface area contributed by atoms with Crippen molar-refractivity contribution in [2.75, 3.05) is 6.54 Å². The van der Waals surface area contributed by atoms with Crippen molar-refractivity contribution in [3.63, 3.8) is 0 Å². The van der Waals surface area contributed by atoms with Crippen LogP contribution in [0.2, 0.25) is 0 Å². The zero-order valence-electron chi connectivity index (χ0n) is 8.52. The van der Waals surface area contributed by atoms with E-state index in [-0.39, 0.29) is 12.1 Å². The first kappa shape index (κ1) is 8.93. The van der Waals surface area contributed by atoms with Gasteiger partial charge in [-0.2, -0.15) is 0 Å². The molecule has 0 radical (unpaired) electrons. The highest BCUT2D eigenvalue weighted by Gasteiger charge is 2.44. The Bertz CT molecular complexity index is 251. The third-order valence-electron chi connectivity index (χ3n) is 4.41. The van der Waals surface area contributed by atoms with Gasteiger partial charge in [0.1, 0.15) is 0 Å². The van der Waals surface area contributed by atoms with Crippen molar-refractivity contribution in [3.8, 4) is 0 Å². The molecule has 2 heteroatoms. The van der Waals surface area contributed by atoms with E-state index < -0.39 is 0 Å². The van der Waals surface area contributed by atoms with Crippen LogP contribution in [0.15, 0.2) is 12.2 Å². The minimum Gasteiger partial charge on any atom is -0.391 e. The normalized spacial score (nSPS) is 47.5. The number of aliphatic hydroxyl groups excluding tert-OH is 1. The molecule has 5 atom stereocenters. The standard InChI is InChI=1S/C12H19NO/c14-12(11-2-1-5-13-11)10-7-8-3-4-9(10)6-8/h1-2,8-14H,3-7H2. The zero-order chi connectivity index (χ0) is 9.54. The third-order valence-corrected chi connectivity index (χ3v) is 4.41. The third kappa shape index (κ3) is 1.32. The van der Waals surface area contributed by atoms with Crippen LogP contribution >= 0.6 is 0 Å². The van der Waals surface area contributed by atoms with Crippen LogP contribution in [0.4, 0.5) is 0 Å². The lowest BCUT2D eigenvalue weighted by Gasteiger charge is -2.30. The average molecular weight is 193 g/mol. The van der Waals surface area contributed by atoms with Crippen molar-refractivity contribution in [2.24, 2.45) is 17.8 Å². The molecule has 1 heterocycles. The summed E-state index contributed by atoms with van der Waals surface area (Å²) >= 11 is 0. The predicted molar refractivity (Wildman–Crippen MR) is 55.9 cm³/mol. The van der Waals surface area contributed by atoms with Gasteiger partial charge in [-0.1, -0.05) is 18.6 Å². The molecule has 0 aromatic rings. The van der Waals surface area contributed by atoms with Crippen molar-refractivity contribution < 1.29 is 5.11 Å². The van der Waals surface area contributed by atoms with Crippen LogP contribution in [0.25, 0.3) is 0 Å². The van der Waals surface area contributed by atoms with Gasteiger partial charge in [-0.3, -0.25) is 0 Å². The lowest BCUT2D eigenvalue weighted by atomic mass is 9.82. The second-order valence-corrected chi connectivity index (χ2v) is 5.19. The van der Waals surface area contributed by atoms with Gasteiger partial charge in [0.2, 0.25) is 0 Å². The van der Waals surface area contributed by atoms with Crippen LogP contribution in [0, 0.1) is 17.8 Å². The molecule has 5 unspecified atom stereocenters. The molecule has 78 valence electrons. The summed E-state index contributed by atoms with van der Waals surface area (Å²) in [4.78, 5) is 0. The molecule has 0 aromatic carbocycles. The van der Waals surface area contributed by atoms with Gasteiger partial charge in [0.15, 0.2) is 0 Å². The molecule has 2 bridgehead atoms. The molecule has 14 heavy (non-hydrogen) atoms. The largest absolute Gasteiger partial charge is 0.391 e. The minimum atomic E-state index is -0.135. The maximum Gasteiger partial charge on any atom is 0.0759 e. The predicted octanol–water partition coefficient (Wildman–Crippen LogP) is 1.31. The monoisotopic (exact) mass is 193 g/mol. The van der Waals surface area contributed by atoms with Gasteiger partial charge in [-0.25, -0.2) is 0 Å². The van der Waals surface area contributed by atoms with Crippen LogP contribution < -0.4 is 5.32 Å². The van der Waals surface area contributed by atoms with Crippen LogP contribution in [0.5, 0.6) is 0 Å². The van der Waals surface area contributed by atoms with Crippen molar-refractivity contribution in [1.82, 2.24) is 5.32 Å². The SMILES string of the molecule is OC(C1C=CCN1)C1CC2CCC1C2. The van der Waals surface area contributed by atoms with Gasteiger partial charge in [0.05, 0.1) is 12.1 Å². The van der Waals surface area contributed by atoms with Crippen molar-refractivity contribution in [2.45, 2.75) is 37.8 Å². The Morgan fingerprint density at radius 1 is 1.29 bits per heavy atom. The Morgan fingerprint density at radius 2 is 2.21 bits per heavy atom. The van der Waals surface area contributed by atoms with Gasteiger partial charge in [-0.05, 0) is 37.0 Å². The summed E-state index contributed by atoms with van der Waals surface area (Å²) < 4.78 is 0. The molecular weight excluding hydrogens is 174 g/mol. The van der Waals surface area contributed by atoms with Gasteiger partial charge in [0.25, 0.3) is 0 Å². The number of rotatable bonds is 2. The van der Waals surface area contributed by atoms with E-state index in [9.17, 15) is 5.11 Å². The smallest absolute Gasteiger partial charge is 0.0759 e. The van der Waals surface area contributed by atoms with E-state index in [0.29, 0.717) is 5.92 Å². The highest BCUT2D eigenvalue weighted by Crippen LogP contribution is 2.50. The van der Waals surface area contributed by atoms with Crippen LogP contribution in [0.1, 0.15) is 25.7 Å². The quantitative estimate of drug-likeness (QED) is 0.648. The molecule has 2 aliphatic carbocycles. The first-order valence-electron chi connectivity index (χ1n) is 5.92. The fourth-order valence-corrected chi connectivity index (χ4v) is 3.70. The molecule has 3 rings (SSSR count). The summed E-state index contributed by atoms with van der Waals surface area (Å²) in [5.41, 5.74) is 0. The molecule has 2 nitrogen and oxygen atoms in total. The van der Waals surface area contributed by atoms with E-state index in [2.05, 4.69) is 17.5 Å². The number of fused-ring (bicyclic) bond motifs is 2. The molecule has 2 fully saturated rings. The summed E-state index contributed by atoms with van der Waals surface area (Å²) in [5, 5.41) is 13.6. The van der Waals surface area contributed by atoms with Crippen molar-refractivity contribution in [1.29, 1.82) is 0 Å². The molecule has 0 aromatic heterocycles. The van der Waals surface area contributed by atoms with Crippen LogP contribution in [0.3, 0.4) is 0 Å². The van der Waals surface area contributed by atoms with Crippen LogP contribution in [-0.4, -0.2) is 23.8 Å². The number of aliphatic hydroxyl groups is 1. The molecular formula is C12H19NO. The fraction of sp³-hybridized carbons (Fsp3) is 0.833. The Morgan fingerprint density at radius 3 is 2.79 bits per heavy atom. The number of nitrogens with one attached hydrogen (secondary N) is 1. The average Bonchev–Trinajstić information content (AvgIpc) is 2.93. The maximum atomic E-state index is 10.3. The Labute approximate surface area is 85.4 Å². The molecule has 0 amide bonds. The number of hydrogen-bond donors (Lipinski definition) is 2. The van der Waals surface area contributed by atoms with E-state index in [4.69, 9.17) is 0 Å². The van der Waals surface area contributed by atoms with E-state index in [1.165, 1.54) is 25.7 Å². The summed E-state index contributed by atoms with van der Waals surface area (Å²) in [5.74, 6) is 2.34. The molecule has 2 N–H and O–H groups in total. The number of hydrogen-bond acceptors (Lipinski definition) is 2. The lowest BCUT2D eigenvalue weighted by molar-refractivity contribution is 0.0577. The molecule has 0 spiro atoms. The van der Waals surface area contributed by atoms with Gasteiger partial charge >= 0.3 is 0 Å². The van der Waals surface area contributed by atoms with E-state index >= 15 is 0 Å². The first-order valence-corrected chi connectivity index (χ1v) is 5.92.